The number of fused-ring (bicyclic) bond motifs is 2. The van der Waals surface area contributed by atoms with Crippen LogP contribution in [0.1, 0.15) is 31.9 Å². The van der Waals surface area contributed by atoms with Crippen LogP contribution >= 0.6 is 0 Å². The molecule has 3 aromatic rings. The standard InChI is InChI=1S/C27H26O9/c1-15(28)33-26-21(31-4)10-16(11-22(26)32-5)6-8-25(30)35-23-13-18-12-17-7-9-24(29)34-19(17)14-20(18)36-27(23,2)3/h6-12,14,23H,13H2,1-5H3/b8-6+/t23-/m0/s1. The molecule has 0 N–H and O–H groups in total. The van der Waals surface area contributed by atoms with Crippen molar-refractivity contribution in [2.24, 2.45) is 0 Å². The van der Waals surface area contributed by atoms with E-state index in [0.29, 0.717) is 23.3 Å². The zero-order valence-corrected chi connectivity index (χ0v) is 20.6. The zero-order valence-electron chi connectivity index (χ0n) is 20.6. The lowest BCUT2D eigenvalue weighted by Gasteiger charge is -2.39. The summed E-state index contributed by atoms with van der Waals surface area (Å²) in [5.74, 6) is 0.206. The SMILES string of the molecule is COc1cc(/C=C/C(=O)O[C@H]2Cc3cc4ccc(=O)oc4cc3OC2(C)C)cc(OC)c1OC(C)=O. The van der Waals surface area contributed by atoms with E-state index < -0.39 is 29.3 Å². The van der Waals surface area contributed by atoms with Gasteiger partial charge in [-0.3, -0.25) is 4.79 Å². The maximum Gasteiger partial charge on any atom is 0.336 e. The summed E-state index contributed by atoms with van der Waals surface area (Å²) in [6, 6.07) is 9.80. The zero-order chi connectivity index (χ0) is 26.0. The van der Waals surface area contributed by atoms with Crippen molar-refractivity contribution in [1.82, 2.24) is 0 Å². The van der Waals surface area contributed by atoms with Gasteiger partial charge in [-0.05, 0) is 55.3 Å². The molecule has 36 heavy (non-hydrogen) atoms. The summed E-state index contributed by atoms with van der Waals surface area (Å²) in [6.07, 6.45) is 2.70. The Labute approximate surface area is 207 Å². The van der Waals surface area contributed by atoms with Crippen molar-refractivity contribution in [3.05, 3.63) is 64.0 Å². The van der Waals surface area contributed by atoms with E-state index >= 15 is 0 Å². The molecule has 0 unspecified atom stereocenters. The number of rotatable bonds is 6. The summed E-state index contributed by atoms with van der Waals surface area (Å²) in [5.41, 5.74) is 0.590. The van der Waals surface area contributed by atoms with Crippen molar-refractivity contribution in [1.29, 1.82) is 0 Å². The first-order valence-corrected chi connectivity index (χ1v) is 11.2. The van der Waals surface area contributed by atoms with Crippen LogP contribution in [-0.2, 0) is 20.7 Å². The first-order valence-electron chi connectivity index (χ1n) is 11.2. The van der Waals surface area contributed by atoms with Gasteiger partial charge >= 0.3 is 17.6 Å². The summed E-state index contributed by atoms with van der Waals surface area (Å²) >= 11 is 0. The number of benzene rings is 2. The van der Waals surface area contributed by atoms with Crippen molar-refractivity contribution < 1.29 is 37.7 Å². The molecule has 0 saturated carbocycles. The largest absolute Gasteiger partial charge is 0.493 e. The fraction of sp³-hybridized carbons (Fsp3) is 0.296. The van der Waals surface area contributed by atoms with Gasteiger partial charge in [0.2, 0.25) is 5.75 Å². The Hall–Kier alpha value is -4.27. The van der Waals surface area contributed by atoms with E-state index in [4.69, 9.17) is 28.1 Å². The highest BCUT2D eigenvalue weighted by molar-refractivity contribution is 5.88. The lowest BCUT2D eigenvalue weighted by Crippen LogP contribution is -2.48. The van der Waals surface area contributed by atoms with E-state index in [1.807, 2.05) is 19.9 Å². The molecule has 9 heteroatoms. The smallest absolute Gasteiger partial charge is 0.336 e. The van der Waals surface area contributed by atoms with Crippen molar-refractivity contribution in [2.45, 2.75) is 38.9 Å². The normalized spacial score (nSPS) is 16.2. The van der Waals surface area contributed by atoms with Crippen LogP contribution in [0.15, 0.2) is 51.7 Å². The summed E-state index contributed by atoms with van der Waals surface area (Å²) < 4.78 is 32.9. The van der Waals surface area contributed by atoms with Crippen LogP contribution in [0.3, 0.4) is 0 Å². The molecule has 0 radical (unpaired) electrons. The quantitative estimate of drug-likeness (QED) is 0.217. The van der Waals surface area contributed by atoms with Crippen molar-refractivity contribution in [3.8, 4) is 23.0 Å². The Bertz CT molecular complexity index is 1390. The monoisotopic (exact) mass is 494 g/mol. The fourth-order valence-electron chi connectivity index (χ4n) is 3.96. The Morgan fingerprint density at radius 2 is 1.75 bits per heavy atom. The molecule has 1 aromatic heterocycles. The van der Waals surface area contributed by atoms with Crippen LogP contribution < -0.4 is 24.6 Å². The molecule has 0 aliphatic carbocycles. The van der Waals surface area contributed by atoms with Crippen LogP contribution in [0.2, 0.25) is 0 Å². The van der Waals surface area contributed by atoms with Gasteiger partial charge in [0.1, 0.15) is 23.0 Å². The average Bonchev–Trinajstić information content (AvgIpc) is 2.82. The Morgan fingerprint density at radius 3 is 2.39 bits per heavy atom. The lowest BCUT2D eigenvalue weighted by molar-refractivity contribution is -0.155. The Balaban J connectivity index is 1.53. The predicted molar refractivity (Wildman–Crippen MR) is 131 cm³/mol. The van der Waals surface area contributed by atoms with Crippen molar-refractivity contribution >= 4 is 29.0 Å². The van der Waals surface area contributed by atoms with Crippen LogP contribution in [0.25, 0.3) is 17.0 Å². The molecule has 0 saturated heterocycles. The lowest BCUT2D eigenvalue weighted by atomic mass is 9.90. The number of esters is 2. The molecule has 0 amide bonds. The molecule has 0 spiro atoms. The molecule has 4 rings (SSSR count). The maximum absolute atomic E-state index is 12.7. The van der Waals surface area contributed by atoms with E-state index in [2.05, 4.69) is 0 Å². The number of carbonyl (C=O) groups excluding carboxylic acids is 2. The van der Waals surface area contributed by atoms with Crippen molar-refractivity contribution in [2.75, 3.05) is 14.2 Å². The Morgan fingerprint density at radius 1 is 1.06 bits per heavy atom. The molecule has 1 aliphatic heterocycles. The van der Waals surface area contributed by atoms with Crippen molar-refractivity contribution in [3.63, 3.8) is 0 Å². The highest BCUT2D eigenvalue weighted by Gasteiger charge is 2.39. The number of hydrogen-bond acceptors (Lipinski definition) is 9. The summed E-state index contributed by atoms with van der Waals surface area (Å²) in [6.45, 7) is 4.93. The molecule has 1 atom stereocenters. The van der Waals surface area contributed by atoms with E-state index in [-0.39, 0.29) is 17.2 Å². The summed E-state index contributed by atoms with van der Waals surface area (Å²) in [5, 5.41) is 0.752. The molecular formula is C27H26O9. The third kappa shape index (κ3) is 5.19. The van der Waals surface area contributed by atoms with Crippen LogP contribution in [0, 0.1) is 0 Å². The number of ether oxygens (including phenoxy) is 5. The second kappa shape index (κ2) is 9.77. The number of carbonyl (C=O) groups is 2. The number of hydrogen-bond donors (Lipinski definition) is 0. The first-order chi connectivity index (χ1) is 17.1. The third-order valence-electron chi connectivity index (χ3n) is 5.76. The molecule has 188 valence electrons. The van der Waals surface area contributed by atoms with E-state index in [0.717, 1.165) is 10.9 Å². The Kier molecular flexibility index (Phi) is 6.74. The molecule has 0 fully saturated rings. The molecule has 2 heterocycles. The minimum Gasteiger partial charge on any atom is -0.493 e. The van der Waals surface area contributed by atoms with Crippen LogP contribution in [0.5, 0.6) is 23.0 Å². The molecule has 0 bridgehead atoms. The molecule has 1 aliphatic rings. The van der Waals surface area contributed by atoms with Gasteiger partial charge in [0.05, 0.1) is 14.2 Å². The first kappa shape index (κ1) is 24.8. The summed E-state index contributed by atoms with van der Waals surface area (Å²) in [4.78, 5) is 35.7. The third-order valence-corrected chi connectivity index (χ3v) is 5.76. The average molecular weight is 494 g/mol. The maximum atomic E-state index is 12.7. The minimum atomic E-state index is -0.822. The van der Waals surface area contributed by atoms with Gasteiger partial charge in [-0.15, -0.1) is 0 Å². The van der Waals surface area contributed by atoms with Crippen LogP contribution in [-0.4, -0.2) is 37.9 Å². The molecule has 2 aromatic carbocycles. The molecule has 9 nitrogen and oxygen atoms in total. The van der Waals surface area contributed by atoms with Gasteiger partial charge in [0.15, 0.2) is 11.5 Å². The van der Waals surface area contributed by atoms with Gasteiger partial charge < -0.3 is 28.1 Å². The number of methoxy groups -OCH3 is 2. The van der Waals surface area contributed by atoms with Gasteiger partial charge in [-0.25, -0.2) is 9.59 Å². The molecular weight excluding hydrogens is 468 g/mol. The van der Waals surface area contributed by atoms with Gasteiger partial charge in [0, 0.05) is 36.9 Å². The highest BCUT2D eigenvalue weighted by Crippen LogP contribution is 2.39. The van der Waals surface area contributed by atoms with Crippen LogP contribution in [0.4, 0.5) is 0 Å². The van der Waals surface area contributed by atoms with E-state index in [1.54, 1.807) is 30.3 Å². The summed E-state index contributed by atoms with van der Waals surface area (Å²) in [7, 11) is 2.87. The predicted octanol–water partition coefficient (Wildman–Crippen LogP) is 4.07. The van der Waals surface area contributed by atoms with Gasteiger partial charge in [-0.1, -0.05) is 0 Å². The fourth-order valence-corrected chi connectivity index (χ4v) is 3.96. The minimum absolute atomic E-state index is 0.152. The van der Waals surface area contributed by atoms with Gasteiger partial charge in [-0.2, -0.15) is 0 Å². The van der Waals surface area contributed by atoms with E-state index in [9.17, 15) is 14.4 Å². The van der Waals surface area contributed by atoms with E-state index in [1.165, 1.54) is 33.3 Å². The second-order valence-electron chi connectivity index (χ2n) is 8.77. The highest BCUT2D eigenvalue weighted by atomic mass is 16.6. The topological polar surface area (TPSA) is 111 Å². The van der Waals surface area contributed by atoms with Gasteiger partial charge in [0.25, 0.3) is 0 Å². The second-order valence-corrected chi connectivity index (χ2v) is 8.77.